The summed E-state index contributed by atoms with van der Waals surface area (Å²) in [4.78, 5) is 32.4. The van der Waals surface area contributed by atoms with Crippen molar-refractivity contribution in [3.05, 3.63) is 0 Å². The van der Waals surface area contributed by atoms with Gasteiger partial charge in [-0.1, -0.05) is 0 Å². The van der Waals surface area contributed by atoms with Crippen molar-refractivity contribution in [2.45, 2.75) is 18.4 Å². The molecule has 1 aliphatic heterocycles. The third-order valence-electron chi connectivity index (χ3n) is 2.55. The monoisotopic (exact) mass is 184 g/mol. The Balaban J connectivity index is 2.07. The van der Waals surface area contributed by atoms with E-state index in [0.717, 1.165) is 0 Å². The fraction of sp³-hybridized carbons (Fsp3) is 0.571. The van der Waals surface area contributed by atoms with E-state index in [1.807, 2.05) is 0 Å². The Morgan fingerprint density at radius 3 is 2.46 bits per heavy atom. The molecule has 0 unspecified atom stereocenters. The number of urea groups is 1. The molecule has 1 spiro atoms. The van der Waals surface area contributed by atoms with E-state index in [2.05, 4.69) is 10.6 Å². The molecule has 1 saturated heterocycles. The fourth-order valence-corrected chi connectivity index (χ4v) is 1.77. The van der Waals surface area contributed by atoms with E-state index < -0.39 is 29.4 Å². The smallest absolute Gasteiger partial charge is 0.322 e. The number of rotatable bonds is 1. The fourth-order valence-electron chi connectivity index (χ4n) is 1.77. The van der Waals surface area contributed by atoms with Crippen LogP contribution in [0.2, 0.25) is 0 Å². The molecule has 1 saturated carbocycles. The molecule has 6 nitrogen and oxygen atoms in total. The van der Waals surface area contributed by atoms with E-state index in [9.17, 15) is 14.4 Å². The minimum Gasteiger partial charge on any atom is -0.481 e. The number of carbonyl (C=O) groups is 3. The van der Waals surface area contributed by atoms with E-state index in [4.69, 9.17) is 5.11 Å². The van der Waals surface area contributed by atoms with Crippen molar-refractivity contribution in [2.24, 2.45) is 5.92 Å². The van der Waals surface area contributed by atoms with E-state index in [1.54, 1.807) is 0 Å². The summed E-state index contributed by atoms with van der Waals surface area (Å²) >= 11 is 0. The van der Waals surface area contributed by atoms with Crippen LogP contribution in [0, 0.1) is 5.92 Å². The second-order valence-corrected chi connectivity index (χ2v) is 3.43. The first kappa shape index (κ1) is 8.03. The molecule has 0 radical (unpaired) electrons. The molecule has 13 heavy (non-hydrogen) atoms. The van der Waals surface area contributed by atoms with Crippen molar-refractivity contribution in [1.82, 2.24) is 10.6 Å². The number of carboxylic acid groups (broad SMARTS) is 1. The van der Waals surface area contributed by atoms with Gasteiger partial charge in [0, 0.05) is 0 Å². The van der Waals surface area contributed by atoms with E-state index in [-0.39, 0.29) is 12.8 Å². The lowest BCUT2D eigenvalue weighted by Crippen LogP contribution is -2.58. The molecule has 1 heterocycles. The first-order chi connectivity index (χ1) is 6.03. The number of amides is 3. The minimum absolute atomic E-state index is 0.194. The largest absolute Gasteiger partial charge is 0.481 e. The van der Waals surface area contributed by atoms with Crippen LogP contribution >= 0.6 is 0 Å². The Bertz CT molecular complexity index is 306. The highest BCUT2D eigenvalue weighted by Gasteiger charge is 2.57. The van der Waals surface area contributed by atoms with Crippen molar-refractivity contribution in [2.75, 3.05) is 0 Å². The van der Waals surface area contributed by atoms with Crippen LogP contribution in [0.15, 0.2) is 0 Å². The van der Waals surface area contributed by atoms with Gasteiger partial charge in [-0.15, -0.1) is 0 Å². The molecule has 70 valence electrons. The van der Waals surface area contributed by atoms with Crippen molar-refractivity contribution in [3.8, 4) is 0 Å². The van der Waals surface area contributed by atoms with Gasteiger partial charge >= 0.3 is 12.0 Å². The van der Waals surface area contributed by atoms with Crippen molar-refractivity contribution in [3.63, 3.8) is 0 Å². The number of imide groups is 1. The normalized spacial score (nSPS) is 36.8. The Morgan fingerprint density at radius 2 is 2.08 bits per heavy atom. The van der Waals surface area contributed by atoms with Crippen LogP contribution in [0.4, 0.5) is 4.79 Å². The van der Waals surface area contributed by atoms with Crippen LogP contribution in [-0.2, 0) is 9.59 Å². The maximum atomic E-state index is 11.2. The maximum absolute atomic E-state index is 11.2. The van der Waals surface area contributed by atoms with Crippen LogP contribution in [0.5, 0.6) is 0 Å². The molecule has 0 aromatic rings. The zero-order valence-corrected chi connectivity index (χ0v) is 6.66. The van der Waals surface area contributed by atoms with Gasteiger partial charge < -0.3 is 10.4 Å². The Hall–Kier alpha value is -1.59. The zero-order valence-electron chi connectivity index (χ0n) is 6.66. The number of hydrogen-bond acceptors (Lipinski definition) is 3. The number of aliphatic carboxylic acids is 1. The molecular weight excluding hydrogens is 176 g/mol. The van der Waals surface area contributed by atoms with Crippen LogP contribution in [0.3, 0.4) is 0 Å². The van der Waals surface area contributed by atoms with Gasteiger partial charge in [-0.25, -0.2) is 4.79 Å². The molecule has 0 aromatic heterocycles. The van der Waals surface area contributed by atoms with Gasteiger partial charge in [0.2, 0.25) is 0 Å². The number of carbonyl (C=O) groups excluding carboxylic acids is 2. The quantitative estimate of drug-likeness (QED) is 0.458. The van der Waals surface area contributed by atoms with Gasteiger partial charge in [0.15, 0.2) is 0 Å². The highest BCUT2D eigenvalue weighted by molar-refractivity contribution is 6.08. The predicted octanol–water partition coefficient (Wildman–Crippen LogP) is -0.941. The second-order valence-electron chi connectivity index (χ2n) is 3.43. The minimum atomic E-state index is -0.930. The van der Waals surface area contributed by atoms with Crippen molar-refractivity contribution >= 4 is 17.9 Å². The molecule has 6 heteroatoms. The SMILES string of the molecule is O=C1NC(=O)[C@]2(C[C@@H](C(=O)O)C2)N1. The third-order valence-corrected chi connectivity index (χ3v) is 2.55. The Morgan fingerprint density at radius 1 is 1.46 bits per heavy atom. The van der Waals surface area contributed by atoms with Crippen molar-refractivity contribution in [1.29, 1.82) is 0 Å². The summed E-state index contributed by atoms with van der Waals surface area (Å²) in [5, 5.41) is 13.1. The molecule has 3 N–H and O–H groups in total. The summed E-state index contributed by atoms with van der Waals surface area (Å²) < 4.78 is 0. The van der Waals surface area contributed by atoms with Crippen LogP contribution < -0.4 is 10.6 Å². The predicted molar refractivity (Wildman–Crippen MR) is 39.8 cm³/mol. The van der Waals surface area contributed by atoms with Gasteiger partial charge in [0.1, 0.15) is 5.54 Å². The van der Waals surface area contributed by atoms with Gasteiger partial charge in [0.05, 0.1) is 5.92 Å². The molecule has 2 fully saturated rings. The van der Waals surface area contributed by atoms with Gasteiger partial charge in [-0.3, -0.25) is 14.9 Å². The Labute approximate surface area is 73.3 Å². The highest BCUT2D eigenvalue weighted by Crippen LogP contribution is 2.39. The average molecular weight is 184 g/mol. The van der Waals surface area contributed by atoms with Gasteiger partial charge in [-0.2, -0.15) is 0 Å². The third kappa shape index (κ3) is 0.980. The number of nitrogens with one attached hydrogen (secondary N) is 2. The zero-order chi connectivity index (χ0) is 9.64. The van der Waals surface area contributed by atoms with Gasteiger partial charge in [-0.05, 0) is 12.8 Å². The summed E-state index contributed by atoms with van der Waals surface area (Å²) in [5.41, 5.74) is -0.930. The number of hydrogen-bond donors (Lipinski definition) is 3. The molecular formula is C7H8N2O4. The lowest BCUT2D eigenvalue weighted by molar-refractivity contribution is -0.149. The first-order valence-electron chi connectivity index (χ1n) is 3.90. The molecule has 2 rings (SSSR count). The van der Waals surface area contributed by atoms with E-state index in [0.29, 0.717) is 0 Å². The lowest BCUT2D eigenvalue weighted by atomic mass is 9.68. The van der Waals surface area contributed by atoms with Gasteiger partial charge in [0.25, 0.3) is 5.91 Å². The molecule has 3 amide bonds. The molecule has 2 aliphatic rings. The number of carboxylic acids is 1. The summed E-state index contributed by atoms with van der Waals surface area (Å²) in [6.45, 7) is 0. The summed E-state index contributed by atoms with van der Waals surface area (Å²) in [7, 11) is 0. The highest BCUT2D eigenvalue weighted by atomic mass is 16.4. The first-order valence-corrected chi connectivity index (χ1v) is 3.90. The molecule has 1 aliphatic carbocycles. The average Bonchev–Trinajstić information content (AvgIpc) is 2.21. The van der Waals surface area contributed by atoms with Crippen molar-refractivity contribution < 1.29 is 19.5 Å². The lowest BCUT2D eigenvalue weighted by Gasteiger charge is -2.39. The maximum Gasteiger partial charge on any atom is 0.322 e. The Kier molecular flexibility index (Phi) is 1.37. The summed E-state index contributed by atoms with van der Waals surface area (Å²) in [6.07, 6.45) is 0.389. The van der Waals surface area contributed by atoms with Crippen LogP contribution in [0.1, 0.15) is 12.8 Å². The second kappa shape index (κ2) is 2.21. The van der Waals surface area contributed by atoms with E-state index >= 15 is 0 Å². The summed E-state index contributed by atoms with van der Waals surface area (Å²) in [6, 6.07) is -0.533. The topological polar surface area (TPSA) is 95.5 Å². The standard InChI is InChI=1S/C7H8N2O4/c10-4(11)3-1-7(2-3)5(12)8-6(13)9-7/h3H,1-2H2,(H,10,11)(H2,8,9,12,13)/t3-,7-. The summed E-state index contributed by atoms with van der Waals surface area (Å²) in [5.74, 6) is -1.83. The molecule has 0 atom stereocenters. The van der Waals surface area contributed by atoms with E-state index in [1.165, 1.54) is 0 Å². The molecule has 0 aromatic carbocycles. The van der Waals surface area contributed by atoms with Crippen LogP contribution in [-0.4, -0.2) is 28.6 Å². The van der Waals surface area contributed by atoms with Crippen LogP contribution in [0.25, 0.3) is 0 Å². The molecule has 0 bridgehead atoms.